The Balaban J connectivity index is 4.28. The van der Waals surface area contributed by atoms with Gasteiger partial charge in [0.2, 0.25) is 0 Å². The zero-order chi connectivity index (χ0) is 48.4. The highest BCUT2D eigenvalue weighted by atomic mass is 16.6. The number of carbonyl (C=O) groups is 3. The maximum Gasteiger partial charge on any atom is 0.306 e. The van der Waals surface area contributed by atoms with Gasteiger partial charge in [0, 0.05) is 19.3 Å². The SMILES string of the molecule is CC/C=C/C/C=C/C/C=C/C/C=C/C/C=C/C/C=C/CCCCCCC(=O)OC(COCCC(C(=O)[O-])[N+](C)(C)C)COC(=O)CCCCCCCCCCCCCCCCCCCCC. The van der Waals surface area contributed by atoms with E-state index in [0.717, 1.165) is 89.9 Å². The Morgan fingerprint density at radius 2 is 0.848 bits per heavy atom. The fraction of sp³-hybridized carbons (Fsp3) is 0.741. The molecule has 0 N–H and O–H groups in total. The quantitative estimate of drug-likeness (QED) is 0.0259. The van der Waals surface area contributed by atoms with Gasteiger partial charge < -0.3 is 28.6 Å². The number of quaternary nitrogens is 1. The largest absolute Gasteiger partial charge is 0.544 e. The number of carboxylic acids is 1. The van der Waals surface area contributed by atoms with E-state index in [2.05, 4.69) is 86.8 Å². The van der Waals surface area contributed by atoms with E-state index in [1.54, 1.807) is 21.1 Å². The number of allylic oxidation sites excluding steroid dienone is 12. The van der Waals surface area contributed by atoms with Gasteiger partial charge in [-0.15, -0.1) is 0 Å². The summed E-state index contributed by atoms with van der Waals surface area (Å²) in [6.07, 6.45) is 62.2. The summed E-state index contributed by atoms with van der Waals surface area (Å²) >= 11 is 0. The first-order valence-electron chi connectivity index (χ1n) is 27.0. The molecule has 0 bridgehead atoms. The fourth-order valence-corrected chi connectivity index (χ4v) is 7.72. The molecule has 0 radical (unpaired) electrons. The lowest BCUT2D eigenvalue weighted by Crippen LogP contribution is -2.55. The molecular formula is C58H101NO7. The Morgan fingerprint density at radius 3 is 1.26 bits per heavy atom. The average Bonchev–Trinajstić information content (AvgIpc) is 3.28. The molecule has 0 aromatic heterocycles. The average molecular weight is 924 g/mol. The van der Waals surface area contributed by atoms with Gasteiger partial charge in [-0.1, -0.05) is 215 Å². The normalized spacial score (nSPS) is 13.4. The first-order valence-corrected chi connectivity index (χ1v) is 27.0. The zero-order valence-corrected chi connectivity index (χ0v) is 43.3. The van der Waals surface area contributed by atoms with E-state index >= 15 is 0 Å². The van der Waals surface area contributed by atoms with Crippen LogP contribution in [-0.2, 0) is 28.6 Å². The lowest BCUT2D eigenvalue weighted by molar-refractivity contribution is -0.889. The number of carboxylic acid groups (broad SMARTS) is 1. The molecule has 8 heteroatoms. The minimum absolute atomic E-state index is 0.0289. The summed E-state index contributed by atoms with van der Waals surface area (Å²) in [5.41, 5.74) is 0. The van der Waals surface area contributed by atoms with Crippen LogP contribution >= 0.6 is 0 Å². The van der Waals surface area contributed by atoms with Crippen LogP contribution in [0.2, 0.25) is 0 Å². The third-order valence-electron chi connectivity index (χ3n) is 11.9. The molecule has 0 heterocycles. The number of ether oxygens (including phenoxy) is 3. The molecule has 0 aliphatic heterocycles. The van der Waals surface area contributed by atoms with Crippen LogP contribution < -0.4 is 5.11 Å². The zero-order valence-electron chi connectivity index (χ0n) is 43.3. The maximum atomic E-state index is 12.8. The van der Waals surface area contributed by atoms with Gasteiger partial charge in [-0.3, -0.25) is 9.59 Å². The second-order valence-corrected chi connectivity index (χ2v) is 19.1. The lowest BCUT2D eigenvalue weighted by atomic mass is 10.0. The van der Waals surface area contributed by atoms with Crippen molar-refractivity contribution in [3.05, 3.63) is 72.9 Å². The van der Waals surface area contributed by atoms with E-state index in [0.29, 0.717) is 6.42 Å². The van der Waals surface area contributed by atoms with Crippen molar-refractivity contribution in [2.45, 2.75) is 238 Å². The van der Waals surface area contributed by atoms with Crippen molar-refractivity contribution in [3.8, 4) is 0 Å². The molecule has 0 aliphatic carbocycles. The molecule has 0 amide bonds. The first kappa shape index (κ1) is 62.8. The predicted octanol–water partition coefficient (Wildman–Crippen LogP) is 14.5. The Kier molecular flexibility index (Phi) is 45.9. The summed E-state index contributed by atoms with van der Waals surface area (Å²) in [5.74, 6) is -1.76. The number of nitrogens with zero attached hydrogens (tertiary/aromatic N) is 1. The summed E-state index contributed by atoms with van der Waals surface area (Å²) in [6.45, 7) is 4.54. The Bertz CT molecular complexity index is 1310. The van der Waals surface area contributed by atoms with Crippen LogP contribution in [-0.4, -0.2) is 75.5 Å². The molecule has 0 fully saturated rings. The molecule has 0 saturated heterocycles. The Hall–Kier alpha value is -3.23. The topological polar surface area (TPSA) is 102 Å². The highest BCUT2D eigenvalue weighted by Crippen LogP contribution is 2.16. The van der Waals surface area contributed by atoms with Crippen molar-refractivity contribution in [2.75, 3.05) is 41.0 Å². The van der Waals surface area contributed by atoms with Gasteiger partial charge in [0.15, 0.2) is 6.10 Å². The summed E-state index contributed by atoms with van der Waals surface area (Å²) in [4.78, 5) is 37.1. The van der Waals surface area contributed by atoms with E-state index in [1.807, 2.05) is 0 Å². The van der Waals surface area contributed by atoms with Gasteiger partial charge >= 0.3 is 11.9 Å². The number of likely N-dealkylation sites (N-methyl/N-ethyl adjacent to an activating group) is 1. The smallest absolute Gasteiger partial charge is 0.306 e. The third kappa shape index (κ3) is 45.9. The van der Waals surface area contributed by atoms with Crippen LogP contribution in [0.5, 0.6) is 0 Å². The summed E-state index contributed by atoms with van der Waals surface area (Å²) < 4.78 is 17.2. The second-order valence-electron chi connectivity index (χ2n) is 19.1. The van der Waals surface area contributed by atoms with Crippen molar-refractivity contribution in [2.24, 2.45) is 0 Å². The van der Waals surface area contributed by atoms with Gasteiger partial charge in [0.25, 0.3) is 0 Å². The van der Waals surface area contributed by atoms with Crippen LogP contribution in [0, 0.1) is 0 Å². The molecule has 0 aliphatic rings. The minimum Gasteiger partial charge on any atom is -0.544 e. The lowest BCUT2D eigenvalue weighted by Gasteiger charge is -2.34. The number of hydrogen-bond donors (Lipinski definition) is 0. The van der Waals surface area contributed by atoms with Crippen LogP contribution in [0.1, 0.15) is 226 Å². The fourth-order valence-electron chi connectivity index (χ4n) is 7.72. The molecule has 0 rings (SSSR count). The second kappa shape index (κ2) is 48.2. The van der Waals surface area contributed by atoms with Gasteiger partial charge in [0.05, 0.1) is 40.3 Å². The predicted molar refractivity (Wildman–Crippen MR) is 277 cm³/mol. The van der Waals surface area contributed by atoms with Gasteiger partial charge in [-0.2, -0.15) is 0 Å². The molecule has 8 nitrogen and oxygen atoms in total. The Morgan fingerprint density at radius 1 is 0.470 bits per heavy atom. The van der Waals surface area contributed by atoms with E-state index < -0.39 is 18.1 Å². The van der Waals surface area contributed by atoms with Crippen LogP contribution in [0.3, 0.4) is 0 Å². The molecule has 0 aromatic rings. The third-order valence-corrected chi connectivity index (χ3v) is 11.9. The van der Waals surface area contributed by atoms with E-state index in [-0.39, 0.29) is 49.1 Å². The van der Waals surface area contributed by atoms with Crippen molar-refractivity contribution in [1.82, 2.24) is 0 Å². The van der Waals surface area contributed by atoms with Crippen LogP contribution in [0.4, 0.5) is 0 Å². The number of hydrogen-bond acceptors (Lipinski definition) is 7. The Labute approximate surface area is 406 Å². The van der Waals surface area contributed by atoms with Crippen molar-refractivity contribution < 1.29 is 38.2 Å². The molecule has 0 saturated carbocycles. The molecule has 0 spiro atoms. The highest BCUT2D eigenvalue weighted by molar-refractivity contribution is 5.70. The minimum atomic E-state index is -1.13. The van der Waals surface area contributed by atoms with Crippen molar-refractivity contribution >= 4 is 17.9 Å². The maximum absolute atomic E-state index is 12.8. The van der Waals surface area contributed by atoms with Gasteiger partial charge in [0.1, 0.15) is 12.6 Å². The number of rotatable bonds is 48. The summed E-state index contributed by atoms with van der Waals surface area (Å²) in [6, 6.07) is -0.734. The molecule has 0 aromatic carbocycles. The molecule has 66 heavy (non-hydrogen) atoms. The highest BCUT2D eigenvalue weighted by Gasteiger charge is 2.25. The first-order chi connectivity index (χ1) is 32.1. The van der Waals surface area contributed by atoms with Crippen molar-refractivity contribution in [1.29, 1.82) is 0 Å². The monoisotopic (exact) mass is 924 g/mol. The van der Waals surface area contributed by atoms with E-state index in [1.165, 1.54) is 103 Å². The number of unbranched alkanes of at least 4 members (excludes halogenated alkanes) is 22. The van der Waals surface area contributed by atoms with E-state index in [4.69, 9.17) is 14.2 Å². The van der Waals surface area contributed by atoms with Gasteiger partial charge in [-0.25, -0.2) is 0 Å². The molecule has 380 valence electrons. The molecular weight excluding hydrogens is 823 g/mol. The molecule has 2 atom stereocenters. The van der Waals surface area contributed by atoms with Gasteiger partial charge in [-0.05, 0) is 64.2 Å². The number of aliphatic carboxylic acids is 1. The van der Waals surface area contributed by atoms with Crippen LogP contribution in [0.15, 0.2) is 72.9 Å². The van der Waals surface area contributed by atoms with E-state index in [9.17, 15) is 19.5 Å². The standard InChI is InChI=1S/C58H101NO7/c1-6-8-10-12-14-16-18-20-22-24-26-27-28-29-31-33-35-37-39-41-43-45-47-49-57(61)66-54(52-64-51-50-55(58(62)63)59(3,4)5)53-65-56(60)48-46-44-42-40-38-36-34-32-30-25-23-21-19-17-15-13-11-9-7-2/h8,10,14,16,20,22,26-27,29,31,35,37,54-55H,6-7,9,11-13,15,17-19,21,23-25,28,30,32-34,36,38-53H2,1-5H3/b10-8+,16-14+,22-20+,27-26+,31-29+,37-35+. The number of carbonyl (C=O) groups excluding carboxylic acids is 3. The number of esters is 2. The summed E-state index contributed by atoms with van der Waals surface area (Å²) in [5, 5.41) is 11.7. The van der Waals surface area contributed by atoms with Crippen LogP contribution in [0.25, 0.3) is 0 Å². The molecule has 2 unspecified atom stereocenters. The summed E-state index contributed by atoms with van der Waals surface area (Å²) in [7, 11) is 5.41. The van der Waals surface area contributed by atoms with Crippen molar-refractivity contribution in [3.63, 3.8) is 0 Å².